The molecular formula is C30H38N4O2. The predicted molar refractivity (Wildman–Crippen MR) is 145 cm³/mol. The van der Waals surface area contributed by atoms with Gasteiger partial charge in [-0.1, -0.05) is 45.0 Å². The molecule has 0 N–H and O–H groups in total. The molecule has 2 heterocycles. The van der Waals surface area contributed by atoms with Crippen molar-refractivity contribution in [2.45, 2.75) is 52.9 Å². The summed E-state index contributed by atoms with van der Waals surface area (Å²) >= 11 is 0. The Morgan fingerprint density at radius 3 is 2.25 bits per heavy atom. The molecule has 36 heavy (non-hydrogen) atoms. The number of hydrogen-bond donors (Lipinski definition) is 0. The zero-order chi connectivity index (χ0) is 25.9. The van der Waals surface area contributed by atoms with Crippen LogP contribution in [-0.4, -0.2) is 54.1 Å². The number of ether oxygens (including phenoxy) is 1. The number of carbonyl (C=O) groups excluding carboxylic acids is 1. The lowest BCUT2D eigenvalue weighted by molar-refractivity contribution is 0.0767. The van der Waals surface area contributed by atoms with Gasteiger partial charge in [0, 0.05) is 49.4 Å². The van der Waals surface area contributed by atoms with Crippen molar-refractivity contribution in [1.82, 2.24) is 14.9 Å². The van der Waals surface area contributed by atoms with Crippen LogP contribution in [0.15, 0.2) is 48.5 Å². The van der Waals surface area contributed by atoms with Crippen molar-refractivity contribution in [3.8, 4) is 5.75 Å². The number of carbonyl (C=O) groups is 1. The molecular weight excluding hydrogens is 448 g/mol. The van der Waals surface area contributed by atoms with Gasteiger partial charge in [-0.05, 0) is 61.1 Å². The molecule has 0 spiro atoms. The lowest BCUT2D eigenvalue weighted by atomic mass is 9.86. The Hall–Kier alpha value is -3.41. The first-order valence-corrected chi connectivity index (χ1v) is 12.8. The lowest BCUT2D eigenvalue weighted by Gasteiger charge is -2.26. The van der Waals surface area contributed by atoms with Crippen molar-refractivity contribution >= 4 is 11.7 Å². The van der Waals surface area contributed by atoms with E-state index < -0.39 is 0 Å². The first-order valence-electron chi connectivity index (χ1n) is 12.8. The first kappa shape index (κ1) is 25.7. The van der Waals surface area contributed by atoms with Gasteiger partial charge in [0.2, 0.25) is 0 Å². The Kier molecular flexibility index (Phi) is 7.62. The van der Waals surface area contributed by atoms with Gasteiger partial charge in [-0.2, -0.15) is 0 Å². The quantitative estimate of drug-likeness (QED) is 0.487. The summed E-state index contributed by atoms with van der Waals surface area (Å²) < 4.78 is 5.31. The molecule has 1 amide bonds. The highest BCUT2D eigenvalue weighted by atomic mass is 16.5. The Balaban J connectivity index is 1.51. The van der Waals surface area contributed by atoms with Crippen molar-refractivity contribution < 1.29 is 9.53 Å². The monoisotopic (exact) mass is 486 g/mol. The number of rotatable bonds is 5. The minimum atomic E-state index is 0.0714. The van der Waals surface area contributed by atoms with Gasteiger partial charge < -0.3 is 14.5 Å². The second kappa shape index (κ2) is 10.7. The third kappa shape index (κ3) is 5.86. The number of benzene rings is 2. The van der Waals surface area contributed by atoms with Crippen LogP contribution in [0.4, 0.5) is 5.82 Å². The second-order valence-corrected chi connectivity index (χ2v) is 10.6. The summed E-state index contributed by atoms with van der Waals surface area (Å²) in [5.41, 5.74) is 5.40. The molecule has 1 fully saturated rings. The van der Waals surface area contributed by atoms with E-state index >= 15 is 0 Å². The van der Waals surface area contributed by atoms with Gasteiger partial charge in [-0.3, -0.25) is 4.79 Å². The van der Waals surface area contributed by atoms with Crippen LogP contribution in [0.5, 0.6) is 5.75 Å². The van der Waals surface area contributed by atoms with Gasteiger partial charge >= 0.3 is 0 Å². The molecule has 6 heteroatoms. The largest absolute Gasteiger partial charge is 0.497 e. The Morgan fingerprint density at radius 2 is 1.61 bits per heavy atom. The smallest absolute Gasteiger partial charge is 0.253 e. The molecule has 6 nitrogen and oxygen atoms in total. The van der Waals surface area contributed by atoms with E-state index in [1.807, 2.05) is 36.1 Å². The fourth-order valence-electron chi connectivity index (χ4n) is 4.76. The van der Waals surface area contributed by atoms with E-state index in [2.05, 4.69) is 61.8 Å². The van der Waals surface area contributed by atoms with Crippen LogP contribution in [0.2, 0.25) is 0 Å². The average molecular weight is 487 g/mol. The summed E-state index contributed by atoms with van der Waals surface area (Å²) in [5.74, 6) is 2.71. The first-order chi connectivity index (χ1) is 17.2. The van der Waals surface area contributed by atoms with E-state index in [9.17, 15) is 4.79 Å². The van der Waals surface area contributed by atoms with Gasteiger partial charge in [0.05, 0.1) is 7.11 Å². The van der Waals surface area contributed by atoms with Gasteiger partial charge in [-0.25, -0.2) is 9.97 Å². The fraction of sp³-hybridized carbons (Fsp3) is 0.433. The lowest BCUT2D eigenvalue weighted by Crippen LogP contribution is -2.35. The van der Waals surface area contributed by atoms with Crippen molar-refractivity contribution in [3.05, 3.63) is 82.3 Å². The molecule has 0 saturated carbocycles. The van der Waals surface area contributed by atoms with Crippen molar-refractivity contribution in [2.75, 3.05) is 38.2 Å². The number of nitrogens with zero attached hydrogens (tertiary/aromatic N) is 4. The highest BCUT2D eigenvalue weighted by Gasteiger charge is 2.24. The number of anilines is 1. The minimum Gasteiger partial charge on any atom is -0.497 e. The SMILES string of the molecule is COc1ccc(Cc2c(C)nc(C)nc2N2CCCN(C(=O)c3ccc(C(C)(C)C)cc3)CC2)cc1. The number of hydrogen-bond acceptors (Lipinski definition) is 5. The standard InChI is InChI=1S/C30H38N4O2/c1-21-27(20-23-8-14-26(36-6)15-9-23)28(32-22(2)31-21)33-16-7-17-34(19-18-33)29(35)24-10-12-25(13-11-24)30(3,4)5/h8-15H,7,16-20H2,1-6H3. The molecule has 2 aromatic carbocycles. The Morgan fingerprint density at radius 1 is 0.917 bits per heavy atom. The zero-order valence-electron chi connectivity index (χ0n) is 22.5. The van der Waals surface area contributed by atoms with Crippen LogP contribution in [0.3, 0.4) is 0 Å². The van der Waals surface area contributed by atoms with Crippen LogP contribution in [0.1, 0.15) is 65.8 Å². The van der Waals surface area contributed by atoms with Crippen LogP contribution >= 0.6 is 0 Å². The van der Waals surface area contributed by atoms with Gasteiger partial charge in [0.25, 0.3) is 5.91 Å². The summed E-state index contributed by atoms with van der Waals surface area (Å²) in [6.45, 7) is 13.6. The van der Waals surface area contributed by atoms with Crippen molar-refractivity contribution in [1.29, 1.82) is 0 Å². The Bertz CT molecular complexity index is 1200. The molecule has 0 unspecified atom stereocenters. The van der Waals surface area contributed by atoms with E-state index in [1.165, 1.54) is 11.1 Å². The topological polar surface area (TPSA) is 58.6 Å². The highest BCUT2D eigenvalue weighted by Crippen LogP contribution is 2.27. The highest BCUT2D eigenvalue weighted by molar-refractivity contribution is 5.94. The average Bonchev–Trinajstić information content (AvgIpc) is 3.11. The Labute approximate surface area is 215 Å². The zero-order valence-corrected chi connectivity index (χ0v) is 22.5. The maximum atomic E-state index is 13.3. The molecule has 1 aliphatic rings. The fourth-order valence-corrected chi connectivity index (χ4v) is 4.76. The van der Waals surface area contributed by atoms with Crippen LogP contribution < -0.4 is 9.64 Å². The maximum absolute atomic E-state index is 13.3. The molecule has 1 saturated heterocycles. The number of aromatic nitrogens is 2. The molecule has 4 rings (SSSR count). The van der Waals surface area contributed by atoms with E-state index in [4.69, 9.17) is 9.72 Å². The molecule has 1 aromatic heterocycles. The summed E-state index contributed by atoms with van der Waals surface area (Å²) in [4.78, 5) is 27.1. The normalized spacial score (nSPS) is 14.5. The minimum absolute atomic E-state index is 0.0714. The molecule has 0 atom stereocenters. The number of methoxy groups -OCH3 is 1. The molecule has 0 radical (unpaired) electrons. The predicted octanol–water partition coefficient (Wildman–Crippen LogP) is 5.34. The molecule has 1 aliphatic heterocycles. The van der Waals surface area contributed by atoms with E-state index in [1.54, 1.807) is 7.11 Å². The van der Waals surface area contributed by atoms with Crippen molar-refractivity contribution in [3.63, 3.8) is 0 Å². The van der Waals surface area contributed by atoms with Gasteiger partial charge in [-0.15, -0.1) is 0 Å². The summed E-state index contributed by atoms with van der Waals surface area (Å²) in [6, 6.07) is 16.3. The molecule has 3 aromatic rings. The van der Waals surface area contributed by atoms with Crippen LogP contribution in [0.25, 0.3) is 0 Å². The van der Waals surface area contributed by atoms with E-state index in [0.717, 1.165) is 66.7 Å². The van der Waals surface area contributed by atoms with Gasteiger partial charge in [0.15, 0.2) is 0 Å². The summed E-state index contributed by atoms with van der Waals surface area (Å²) in [6.07, 6.45) is 1.65. The van der Waals surface area contributed by atoms with Gasteiger partial charge in [0.1, 0.15) is 17.4 Å². The molecule has 190 valence electrons. The summed E-state index contributed by atoms with van der Waals surface area (Å²) in [5, 5.41) is 0. The van der Waals surface area contributed by atoms with E-state index in [0.29, 0.717) is 6.54 Å². The maximum Gasteiger partial charge on any atom is 0.253 e. The third-order valence-electron chi connectivity index (χ3n) is 6.92. The third-order valence-corrected chi connectivity index (χ3v) is 6.92. The number of amides is 1. The molecule has 0 bridgehead atoms. The van der Waals surface area contributed by atoms with Crippen LogP contribution in [0, 0.1) is 13.8 Å². The second-order valence-electron chi connectivity index (χ2n) is 10.6. The number of aryl methyl sites for hydroxylation is 2. The van der Waals surface area contributed by atoms with E-state index in [-0.39, 0.29) is 11.3 Å². The van der Waals surface area contributed by atoms with Crippen molar-refractivity contribution in [2.24, 2.45) is 0 Å². The van der Waals surface area contributed by atoms with Crippen LogP contribution in [-0.2, 0) is 11.8 Å². The summed E-state index contributed by atoms with van der Waals surface area (Å²) in [7, 11) is 1.68. The molecule has 0 aliphatic carbocycles.